The third-order valence-corrected chi connectivity index (χ3v) is 4.08. The van der Waals surface area contributed by atoms with E-state index in [1.807, 2.05) is 25.1 Å². The number of fused-ring (bicyclic) bond motifs is 1. The van der Waals surface area contributed by atoms with E-state index in [1.54, 1.807) is 9.80 Å². The molecule has 0 unspecified atom stereocenters. The summed E-state index contributed by atoms with van der Waals surface area (Å²) in [6, 6.07) is 5.62. The molecule has 0 saturated carbocycles. The second-order valence-corrected chi connectivity index (χ2v) is 5.59. The van der Waals surface area contributed by atoms with Crippen molar-refractivity contribution in [1.29, 1.82) is 0 Å². The molecular weight excluding hydrogens is 297 g/mol. The smallest absolute Gasteiger partial charge is 0.212 e. The minimum Gasteiger partial charge on any atom is -0.288 e. The van der Waals surface area contributed by atoms with E-state index >= 15 is 0 Å². The Morgan fingerprint density at radius 2 is 2.20 bits per heavy atom. The van der Waals surface area contributed by atoms with Crippen LogP contribution in [0.1, 0.15) is 12.0 Å². The standard InChI is InChI=1S/C14H13ClFN3S/c1-9-7-10(3-4-11(9)15)19-13(20)8-12(16)18-6-2-5-17-14(18)19/h3-4,7-8H,2,5-6H2,1H3. The van der Waals surface area contributed by atoms with Gasteiger partial charge in [0.05, 0.1) is 5.69 Å². The lowest BCUT2D eigenvalue weighted by molar-refractivity contribution is 0.361. The lowest BCUT2D eigenvalue weighted by Crippen LogP contribution is -2.51. The first kappa shape index (κ1) is 13.5. The van der Waals surface area contributed by atoms with Crippen molar-refractivity contribution in [3.05, 3.63) is 40.8 Å². The Morgan fingerprint density at radius 1 is 1.40 bits per heavy atom. The molecule has 1 aromatic carbocycles. The normalized spacial score (nSPS) is 18.6. The lowest BCUT2D eigenvalue weighted by Gasteiger charge is -2.38. The molecule has 2 aliphatic heterocycles. The van der Waals surface area contributed by atoms with Crippen molar-refractivity contribution in [2.75, 3.05) is 18.0 Å². The highest BCUT2D eigenvalue weighted by atomic mass is 35.5. The highest BCUT2D eigenvalue weighted by Gasteiger charge is 2.32. The van der Waals surface area contributed by atoms with Crippen LogP contribution in [0.15, 0.2) is 35.2 Å². The molecule has 3 nitrogen and oxygen atoms in total. The molecule has 2 aliphatic rings. The molecule has 2 heterocycles. The Bertz CT molecular complexity index is 641. The van der Waals surface area contributed by atoms with Crippen molar-refractivity contribution in [2.24, 2.45) is 4.99 Å². The number of aliphatic imine (C=N–C) groups is 1. The van der Waals surface area contributed by atoms with Crippen molar-refractivity contribution in [2.45, 2.75) is 13.3 Å². The summed E-state index contributed by atoms with van der Waals surface area (Å²) in [4.78, 5) is 8.18. The number of benzene rings is 1. The summed E-state index contributed by atoms with van der Waals surface area (Å²) in [6.07, 6.45) is 2.20. The Labute approximate surface area is 127 Å². The fourth-order valence-corrected chi connectivity index (χ4v) is 2.74. The van der Waals surface area contributed by atoms with E-state index in [-0.39, 0.29) is 5.95 Å². The molecule has 0 saturated heterocycles. The molecule has 6 heteroatoms. The second kappa shape index (κ2) is 5.14. The van der Waals surface area contributed by atoms with E-state index < -0.39 is 0 Å². The first-order chi connectivity index (χ1) is 9.58. The number of hydrogen-bond acceptors (Lipinski definition) is 3. The summed E-state index contributed by atoms with van der Waals surface area (Å²) >= 11 is 11.4. The molecule has 1 aromatic rings. The number of aryl methyl sites for hydroxylation is 1. The SMILES string of the molecule is Cc1cc(N2C(=S)C=C(F)N3CCCN=C32)ccc1Cl. The van der Waals surface area contributed by atoms with Gasteiger partial charge in [-0.1, -0.05) is 23.8 Å². The molecule has 104 valence electrons. The van der Waals surface area contributed by atoms with Gasteiger partial charge in [-0.25, -0.2) is 0 Å². The van der Waals surface area contributed by atoms with Crippen LogP contribution in [0, 0.1) is 6.92 Å². The van der Waals surface area contributed by atoms with Gasteiger partial charge in [0.25, 0.3) is 0 Å². The maximum Gasteiger partial charge on any atom is 0.212 e. The zero-order valence-electron chi connectivity index (χ0n) is 10.9. The number of guanidine groups is 1. The quantitative estimate of drug-likeness (QED) is 0.583. The number of anilines is 1. The summed E-state index contributed by atoms with van der Waals surface area (Å²) in [5, 5.41) is 0.695. The summed E-state index contributed by atoms with van der Waals surface area (Å²) in [5.41, 5.74) is 1.80. The predicted molar refractivity (Wildman–Crippen MR) is 84.1 cm³/mol. The van der Waals surface area contributed by atoms with Crippen LogP contribution in [0.3, 0.4) is 0 Å². The molecule has 0 aliphatic carbocycles. The summed E-state index contributed by atoms with van der Waals surface area (Å²) in [5.74, 6) is 0.221. The summed E-state index contributed by atoms with van der Waals surface area (Å²) in [7, 11) is 0. The fourth-order valence-electron chi connectivity index (χ4n) is 2.34. The van der Waals surface area contributed by atoms with Crippen LogP contribution in [0.25, 0.3) is 0 Å². The number of halogens is 2. The minimum atomic E-state index is -0.338. The van der Waals surface area contributed by atoms with Gasteiger partial charge in [0.1, 0.15) is 4.99 Å². The van der Waals surface area contributed by atoms with E-state index in [0.29, 0.717) is 29.1 Å². The zero-order chi connectivity index (χ0) is 14.3. The minimum absolute atomic E-state index is 0.338. The van der Waals surface area contributed by atoms with Crippen molar-refractivity contribution in [1.82, 2.24) is 4.90 Å². The fraction of sp³-hybridized carbons (Fsp3) is 0.286. The van der Waals surface area contributed by atoms with E-state index in [9.17, 15) is 4.39 Å². The van der Waals surface area contributed by atoms with Gasteiger partial charge in [-0.2, -0.15) is 4.39 Å². The van der Waals surface area contributed by atoms with Crippen LogP contribution in [-0.4, -0.2) is 28.9 Å². The van der Waals surface area contributed by atoms with Crippen molar-refractivity contribution in [3.63, 3.8) is 0 Å². The summed E-state index contributed by atoms with van der Waals surface area (Å²) in [6.45, 7) is 3.23. The molecule has 0 radical (unpaired) electrons. The van der Waals surface area contributed by atoms with E-state index in [1.165, 1.54) is 6.08 Å². The van der Waals surface area contributed by atoms with Crippen molar-refractivity contribution < 1.29 is 4.39 Å². The Hall–Kier alpha value is -1.46. The van der Waals surface area contributed by atoms with Gasteiger partial charge in [0.15, 0.2) is 5.95 Å². The molecule has 0 atom stereocenters. The molecule has 20 heavy (non-hydrogen) atoms. The third kappa shape index (κ3) is 2.21. The van der Waals surface area contributed by atoms with Gasteiger partial charge < -0.3 is 0 Å². The number of nitrogens with zero attached hydrogens (tertiary/aromatic N) is 3. The first-order valence-corrected chi connectivity index (χ1v) is 7.16. The average molecular weight is 310 g/mol. The molecule has 0 N–H and O–H groups in total. The van der Waals surface area contributed by atoms with Crippen molar-refractivity contribution in [3.8, 4) is 0 Å². The summed E-state index contributed by atoms with van der Waals surface area (Å²) < 4.78 is 14.0. The van der Waals surface area contributed by atoms with Crippen molar-refractivity contribution >= 4 is 40.5 Å². The molecule has 0 amide bonds. The number of hydrogen-bond donors (Lipinski definition) is 0. The molecule has 0 fully saturated rings. The van der Waals surface area contributed by atoms with Gasteiger partial charge >= 0.3 is 0 Å². The number of thiocarbonyl (C=S) groups is 1. The van der Waals surface area contributed by atoms with Gasteiger partial charge in [-0.05, 0) is 37.1 Å². The zero-order valence-corrected chi connectivity index (χ0v) is 12.5. The van der Waals surface area contributed by atoms with Crippen LogP contribution in [0.2, 0.25) is 5.02 Å². The van der Waals surface area contributed by atoms with Gasteiger partial charge in [-0.15, -0.1) is 0 Å². The second-order valence-electron chi connectivity index (χ2n) is 4.76. The maximum absolute atomic E-state index is 14.0. The largest absolute Gasteiger partial charge is 0.288 e. The Kier molecular flexibility index (Phi) is 3.48. The molecule has 0 bridgehead atoms. The lowest BCUT2D eigenvalue weighted by atomic mass is 10.2. The van der Waals surface area contributed by atoms with Crippen LogP contribution in [0.5, 0.6) is 0 Å². The van der Waals surface area contributed by atoms with E-state index in [0.717, 1.165) is 17.7 Å². The monoisotopic (exact) mass is 309 g/mol. The molecular formula is C14H13ClFN3S. The third-order valence-electron chi connectivity index (χ3n) is 3.36. The van der Waals surface area contributed by atoms with E-state index in [2.05, 4.69) is 4.99 Å². The van der Waals surface area contributed by atoms with Crippen LogP contribution in [-0.2, 0) is 0 Å². The van der Waals surface area contributed by atoms with Crippen LogP contribution < -0.4 is 4.90 Å². The molecule has 0 aromatic heterocycles. The highest BCUT2D eigenvalue weighted by Crippen LogP contribution is 2.29. The topological polar surface area (TPSA) is 18.8 Å². The Morgan fingerprint density at radius 3 is 2.95 bits per heavy atom. The van der Waals surface area contributed by atoms with Crippen LogP contribution >= 0.6 is 23.8 Å². The van der Waals surface area contributed by atoms with Gasteiger partial charge in [-0.3, -0.25) is 14.8 Å². The average Bonchev–Trinajstić information content (AvgIpc) is 2.43. The highest BCUT2D eigenvalue weighted by molar-refractivity contribution is 7.81. The van der Waals surface area contributed by atoms with Gasteiger partial charge in [0.2, 0.25) is 5.96 Å². The molecule has 3 rings (SSSR count). The first-order valence-electron chi connectivity index (χ1n) is 6.37. The van der Waals surface area contributed by atoms with Crippen LogP contribution in [0.4, 0.5) is 10.1 Å². The number of rotatable bonds is 1. The van der Waals surface area contributed by atoms with E-state index in [4.69, 9.17) is 23.8 Å². The molecule has 0 spiro atoms. The maximum atomic E-state index is 14.0. The Balaban J connectivity index is 2.09. The predicted octanol–water partition coefficient (Wildman–Crippen LogP) is 3.67. The van der Waals surface area contributed by atoms with Gasteiger partial charge in [0, 0.05) is 24.2 Å².